The van der Waals surface area contributed by atoms with E-state index in [9.17, 15) is 0 Å². The molecule has 0 fully saturated rings. The number of hydrogen-bond donors (Lipinski definition) is 0. The fourth-order valence-electron chi connectivity index (χ4n) is 2.91. The molecular weight excluding hydrogens is 306 g/mol. The number of ether oxygens (including phenoxy) is 1. The van der Waals surface area contributed by atoms with Crippen LogP contribution in [0.5, 0.6) is 11.5 Å². The monoisotopic (exact) mass is 333 g/mol. The van der Waals surface area contributed by atoms with E-state index in [0.29, 0.717) is 16.9 Å². The summed E-state index contributed by atoms with van der Waals surface area (Å²) in [6.07, 6.45) is 3.50. The van der Waals surface area contributed by atoms with Gasteiger partial charge < -0.3 is 4.74 Å². The standard InChI is InChI=1S/C21H21NO.C2H6/c1-15-12-18(13-21(15,2)3)17-6-10-20(11-7-17)23-19-8-4-16(14-22)5-9-19;1-2/h4-12,15H,13H2,1-3H3;1-2H3. The molecule has 2 aromatic carbocycles. The van der Waals surface area contributed by atoms with E-state index in [2.05, 4.69) is 45.0 Å². The molecule has 0 spiro atoms. The minimum atomic E-state index is 0.340. The van der Waals surface area contributed by atoms with Crippen LogP contribution in [0.3, 0.4) is 0 Å². The largest absolute Gasteiger partial charge is 0.457 e. The fraction of sp³-hybridized carbons (Fsp3) is 0.348. The zero-order valence-corrected chi connectivity index (χ0v) is 15.8. The first-order valence-corrected chi connectivity index (χ1v) is 8.97. The van der Waals surface area contributed by atoms with Gasteiger partial charge in [-0.05, 0) is 65.3 Å². The molecular formula is C23H27NO. The Morgan fingerprint density at radius 1 is 0.960 bits per heavy atom. The Kier molecular flexibility index (Phi) is 6.04. The molecule has 1 aliphatic carbocycles. The van der Waals surface area contributed by atoms with E-state index in [1.54, 1.807) is 12.1 Å². The topological polar surface area (TPSA) is 33.0 Å². The maximum absolute atomic E-state index is 8.81. The summed E-state index contributed by atoms with van der Waals surface area (Å²) in [6.45, 7) is 10.9. The highest BCUT2D eigenvalue weighted by atomic mass is 16.5. The molecule has 1 atom stereocenters. The van der Waals surface area contributed by atoms with Gasteiger partial charge in [0.2, 0.25) is 0 Å². The first-order valence-electron chi connectivity index (χ1n) is 8.97. The Labute approximate surface area is 151 Å². The van der Waals surface area contributed by atoms with Crippen molar-refractivity contribution in [2.75, 3.05) is 0 Å². The molecule has 0 bridgehead atoms. The summed E-state index contributed by atoms with van der Waals surface area (Å²) in [5.74, 6) is 2.16. The highest BCUT2D eigenvalue weighted by Crippen LogP contribution is 2.45. The van der Waals surface area contributed by atoms with E-state index >= 15 is 0 Å². The summed E-state index contributed by atoms with van der Waals surface area (Å²) in [5, 5.41) is 8.81. The molecule has 0 aliphatic heterocycles. The van der Waals surface area contributed by atoms with E-state index < -0.39 is 0 Å². The van der Waals surface area contributed by atoms with Crippen molar-refractivity contribution in [2.45, 2.75) is 41.0 Å². The molecule has 0 saturated carbocycles. The smallest absolute Gasteiger partial charge is 0.127 e. The summed E-state index contributed by atoms with van der Waals surface area (Å²) in [6, 6.07) is 17.5. The third-order valence-electron chi connectivity index (χ3n) is 4.77. The summed E-state index contributed by atoms with van der Waals surface area (Å²) in [4.78, 5) is 0. The maximum Gasteiger partial charge on any atom is 0.127 e. The molecule has 0 radical (unpaired) electrons. The Balaban J connectivity index is 0.00000109. The van der Waals surface area contributed by atoms with Gasteiger partial charge in [-0.15, -0.1) is 0 Å². The average Bonchev–Trinajstić information content (AvgIpc) is 2.91. The van der Waals surface area contributed by atoms with Crippen LogP contribution in [0, 0.1) is 22.7 Å². The van der Waals surface area contributed by atoms with Crippen LogP contribution < -0.4 is 4.74 Å². The van der Waals surface area contributed by atoms with Crippen LogP contribution in [-0.2, 0) is 0 Å². The average molecular weight is 333 g/mol. The summed E-state index contributed by atoms with van der Waals surface area (Å²) in [7, 11) is 0. The Bertz CT molecular complexity index is 761. The quantitative estimate of drug-likeness (QED) is 0.617. The number of allylic oxidation sites excluding steroid dienone is 2. The van der Waals surface area contributed by atoms with Crippen molar-refractivity contribution in [3.63, 3.8) is 0 Å². The minimum absolute atomic E-state index is 0.340. The third kappa shape index (κ3) is 4.51. The molecule has 25 heavy (non-hydrogen) atoms. The van der Waals surface area contributed by atoms with Crippen LogP contribution in [-0.4, -0.2) is 0 Å². The van der Waals surface area contributed by atoms with Gasteiger partial charge in [0.1, 0.15) is 11.5 Å². The first kappa shape index (κ1) is 18.8. The van der Waals surface area contributed by atoms with Gasteiger partial charge in [-0.25, -0.2) is 0 Å². The number of nitriles is 1. The first-order chi connectivity index (χ1) is 12.0. The summed E-state index contributed by atoms with van der Waals surface area (Å²) < 4.78 is 5.83. The SMILES string of the molecule is CC.CC1C=C(c2ccc(Oc3ccc(C#N)cc3)cc2)CC1(C)C. The molecule has 1 aliphatic rings. The van der Waals surface area contributed by atoms with E-state index in [-0.39, 0.29) is 0 Å². The predicted octanol–water partition coefficient (Wildman–Crippen LogP) is 6.83. The van der Waals surface area contributed by atoms with E-state index in [0.717, 1.165) is 17.9 Å². The van der Waals surface area contributed by atoms with E-state index in [1.165, 1.54) is 11.1 Å². The van der Waals surface area contributed by atoms with Crippen LogP contribution in [0.1, 0.15) is 52.2 Å². The zero-order chi connectivity index (χ0) is 18.4. The van der Waals surface area contributed by atoms with Gasteiger partial charge in [0.15, 0.2) is 0 Å². The molecule has 0 amide bonds. The second-order valence-corrected chi connectivity index (χ2v) is 6.91. The van der Waals surface area contributed by atoms with Gasteiger partial charge in [0.25, 0.3) is 0 Å². The normalized spacial score (nSPS) is 17.8. The molecule has 0 saturated heterocycles. The molecule has 0 heterocycles. The van der Waals surface area contributed by atoms with Crippen molar-refractivity contribution in [3.8, 4) is 17.6 Å². The van der Waals surface area contributed by atoms with Crippen molar-refractivity contribution < 1.29 is 4.74 Å². The minimum Gasteiger partial charge on any atom is -0.457 e. The molecule has 2 aromatic rings. The highest BCUT2D eigenvalue weighted by Gasteiger charge is 2.31. The molecule has 130 valence electrons. The van der Waals surface area contributed by atoms with Crippen LogP contribution >= 0.6 is 0 Å². The Morgan fingerprint density at radius 2 is 1.48 bits per heavy atom. The highest BCUT2D eigenvalue weighted by molar-refractivity contribution is 5.69. The van der Waals surface area contributed by atoms with Gasteiger partial charge in [-0.1, -0.05) is 52.8 Å². The van der Waals surface area contributed by atoms with Gasteiger partial charge in [0.05, 0.1) is 11.6 Å². The maximum atomic E-state index is 8.81. The molecule has 0 aromatic heterocycles. The molecule has 0 N–H and O–H groups in total. The summed E-state index contributed by atoms with van der Waals surface area (Å²) in [5.41, 5.74) is 3.67. The third-order valence-corrected chi connectivity index (χ3v) is 4.77. The van der Waals surface area contributed by atoms with Crippen molar-refractivity contribution in [3.05, 3.63) is 65.7 Å². The van der Waals surface area contributed by atoms with E-state index in [4.69, 9.17) is 10.00 Å². The number of hydrogen-bond acceptors (Lipinski definition) is 2. The second-order valence-electron chi connectivity index (χ2n) is 6.91. The predicted molar refractivity (Wildman–Crippen MR) is 105 cm³/mol. The molecule has 3 rings (SSSR count). The lowest BCUT2D eigenvalue weighted by molar-refractivity contribution is 0.306. The van der Waals surface area contributed by atoms with Gasteiger partial charge in [0, 0.05) is 0 Å². The van der Waals surface area contributed by atoms with Crippen LogP contribution in [0.2, 0.25) is 0 Å². The Morgan fingerprint density at radius 3 is 1.92 bits per heavy atom. The van der Waals surface area contributed by atoms with Crippen molar-refractivity contribution in [1.82, 2.24) is 0 Å². The zero-order valence-electron chi connectivity index (χ0n) is 15.8. The number of benzene rings is 2. The molecule has 1 unspecified atom stereocenters. The number of rotatable bonds is 3. The van der Waals surface area contributed by atoms with Crippen LogP contribution in [0.25, 0.3) is 5.57 Å². The lowest BCUT2D eigenvalue weighted by Crippen LogP contribution is -2.14. The van der Waals surface area contributed by atoms with Crippen LogP contribution in [0.15, 0.2) is 54.6 Å². The van der Waals surface area contributed by atoms with Crippen molar-refractivity contribution >= 4 is 5.57 Å². The molecule has 2 nitrogen and oxygen atoms in total. The van der Waals surface area contributed by atoms with Gasteiger partial charge in [-0.2, -0.15) is 5.26 Å². The van der Waals surface area contributed by atoms with Crippen molar-refractivity contribution in [2.24, 2.45) is 11.3 Å². The molecule has 2 heteroatoms. The Hall–Kier alpha value is -2.53. The van der Waals surface area contributed by atoms with Gasteiger partial charge >= 0.3 is 0 Å². The number of nitrogens with zero attached hydrogens (tertiary/aromatic N) is 1. The second kappa shape index (κ2) is 8.03. The fourth-order valence-corrected chi connectivity index (χ4v) is 2.91. The van der Waals surface area contributed by atoms with Crippen LogP contribution in [0.4, 0.5) is 0 Å². The summed E-state index contributed by atoms with van der Waals surface area (Å²) >= 11 is 0. The van der Waals surface area contributed by atoms with Gasteiger partial charge in [-0.3, -0.25) is 0 Å². The van der Waals surface area contributed by atoms with Crippen molar-refractivity contribution in [1.29, 1.82) is 5.26 Å². The lowest BCUT2D eigenvalue weighted by atomic mass is 9.81. The lowest BCUT2D eigenvalue weighted by Gasteiger charge is -2.23. The van der Waals surface area contributed by atoms with E-state index in [1.807, 2.05) is 38.1 Å².